The van der Waals surface area contributed by atoms with Crippen molar-refractivity contribution < 1.29 is 9.84 Å². The number of ether oxygens (including phenoxy) is 1. The van der Waals surface area contributed by atoms with Gasteiger partial charge in [0.05, 0.1) is 5.60 Å². The summed E-state index contributed by atoms with van der Waals surface area (Å²) in [7, 11) is 0. The lowest BCUT2D eigenvalue weighted by Crippen LogP contribution is -2.45. The van der Waals surface area contributed by atoms with E-state index in [0.717, 1.165) is 45.3 Å². The van der Waals surface area contributed by atoms with Crippen molar-refractivity contribution in [3.8, 4) is 0 Å². The summed E-state index contributed by atoms with van der Waals surface area (Å²) >= 11 is 0. The summed E-state index contributed by atoms with van der Waals surface area (Å²) in [5, 5.41) is 10.9. The third kappa shape index (κ3) is 2.12. The molecule has 0 saturated carbocycles. The van der Waals surface area contributed by atoms with Crippen LogP contribution in [0, 0.1) is 5.92 Å². The molecule has 2 aliphatic rings. The minimum atomic E-state index is -0.488. The fraction of sp³-hybridized carbons (Fsp3) is 0.600. The van der Waals surface area contributed by atoms with Gasteiger partial charge in [-0.3, -0.25) is 0 Å². The summed E-state index contributed by atoms with van der Waals surface area (Å²) in [4.78, 5) is 0. The highest BCUT2D eigenvalue weighted by atomic mass is 16.5. The van der Waals surface area contributed by atoms with Crippen molar-refractivity contribution in [3.63, 3.8) is 0 Å². The van der Waals surface area contributed by atoms with E-state index in [1.54, 1.807) is 0 Å². The molecule has 0 bridgehead atoms. The molecule has 2 heteroatoms. The molecule has 0 spiro atoms. The van der Waals surface area contributed by atoms with Crippen LogP contribution in [0.4, 0.5) is 0 Å². The number of hydrogen-bond acceptors (Lipinski definition) is 2. The number of aliphatic hydroxyl groups is 1. The molecule has 1 atom stereocenters. The monoisotopic (exact) mass is 232 g/mol. The molecule has 17 heavy (non-hydrogen) atoms. The molecule has 1 saturated heterocycles. The normalized spacial score (nSPS) is 29.9. The summed E-state index contributed by atoms with van der Waals surface area (Å²) < 4.78 is 5.39. The van der Waals surface area contributed by atoms with Crippen molar-refractivity contribution in [2.75, 3.05) is 13.2 Å². The molecule has 1 N–H and O–H groups in total. The highest BCUT2D eigenvalue weighted by Gasteiger charge is 2.39. The van der Waals surface area contributed by atoms with Crippen LogP contribution in [0.2, 0.25) is 0 Å². The van der Waals surface area contributed by atoms with Gasteiger partial charge in [-0.2, -0.15) is 0 Å². The maximum absolute atomic E-state index is 10.9. The van der Waals surface area contributed by atoms with Gasteiger partial charge in [0, 0.05) is 19.6 Å². The lowest BCUT2D eigenvalue weighted by Gasteiger charge is -2.41. The van der Waals surface area contributed by atoms with Crippen molar-refractivity contribution in [2.24, 2.45) is 5.92 Å². The number of fused-ring (bicyclic) bond motifs is 1. The van der Waals surface area contributed by atoms with Crippen LogP contribution in [-0.4, -0.2) is 23.9 Å². The van der Waals surface area contributed by atoms with Gasteiger partial charge in [0.15, 0.2) is 0 Å². The zero-order valence-corrected chi connectivity index (χ0v) is 10.2. The molecule has 1 heterocycles. The largest absolute Gasteiger partial charge is 0.389 e. The lowest BCUT2D eigenvalue weighted by atomic mass is 9.71. The Labute approximate surface area is 103 Å². The van der Waals surface area contributed by atoms with Crippen LogP contribution in [-0.2, 0) is 17.6 Å². The minimum Gasteiger partial charge on any atom is -0.389 e. The predicted molar refractivity (Wildman–Crippen MR) is 67.0 cm³/mol. The van der Waals surface area contributed by atoms with Gasteiger partial charge in [0.2, 0.25) is 0 Å². The first-order chi connectivity index (χ1) is 8.28. The van der Waals surface area contributed by atoms with Gasteiger partial charge in [-0.05, 0) is 42.7 Å². The zero-order chi connectivity index (χ0) is 11.7. The summed E-state index contributed by atoms with van der Waals surface area (Å²) in [6, 6.07) is 8.53. The van der Waals surface area contributed by atoms with Gasteiger partial charge in [-0.25, -0.2) is 0 Å². The van der Waals surface area contributed by atoms with E-state index in [-0.39, 0.29) is 0 Å². The second kappa shape index (κ2) is 4.43. The van der Waals surface area contributed by atoms with Gasteiger partial charge in [-0.1, -0.05) is 24.3 Å². The average Bonchev–Trinajstić information content (AvgIpc) is 2.40. The Morgan fingerprint density at radius 2 is 1.82 bits per heavy atom. The molecule has 0 aromatic heterocycles. The van der Waals surface area contributed by atoms with Crippen molar-refractivity contribution in [2.45, 2.75) is 37.7 Å². The Kier molecular flexibility index (Phi) is 2.93. The average molecular weight is 232 g/mol. The Morgan fingerprint density at radius 1 is 1.12 bits per heavy atom. The van der Waals surface area contributed by atoms with Crippen LogP contribution in [0.25, 0.3) is 0 Å². The standard InChI is InChI=1S/C15H20O2/c16-15(14-6-9-17-10-7-14)8-5-12-3-1-2-4-13(12)11-15/h1-4,14,16H,5-11H2. The summed E-state index contributed by atoms with van der Waals surface area (Å²) in [6.07, 6.45) is 4.78. The fourth-order valence-electron chi connectivity index (χ4n) is 3.33. The Balaban J connectivity index is 1.81. The van der Waals surface area contributed by atoms with Crippen molar-refractivity contribution in [1.29, 1.82) is 0 Å². The number of aryl methyl sites for hydroxylation is 1. The highest BCUT2D eigenvalue weighted by molar-refractivity contribution is 5.31. The molecular formula is C15H20O2. The third-order valence-electron chi connectivity index (χ3n) is 4.42. The summed E-state index contributed by atoms with van der Waals surface area (Å²) in [5.41, 5.74) is 2.27. The predicted octanol–water partition coefficient (Wildman–Crippen LogP) is 2.33. The molecule has 1 aromatic carbocycles. The van der Waals surface area contributed by atoms with Crippen LogP contribution in [0.5, 0.6) is 0 Å². The highest BCUT2D eigenvalue weighted by Crippen LogP contribution is 2.38. The maximum Gasteiger partial charge on any atom is 0.0720 e. The van der Waals surface area contributed by atoms with E-state index in [9.17, 15) is 5.11 Å². The molecule has 2 nitrogen and oxygen atoms in total. The van der Waals surface area contributed by atoms with E-state index in [4.69, 9.17) is 4.74 Å². The molecule has 0 amide bonds. The fourth-order valence-corrected chi connectivity index (χ4v) is 3.33. The quantitative estimate of drug-likeness (QED) is 0.805. The maximum atomic E-state index is 10.9. The molecule has 1 aliphatic carbocycles. The van der Waals surface area contributed by atoms with Crippen molar-refractivity contribution in [3.05, 3.63) is 35.4 Å². The molecular weight excluding hydrogens is 212 g/mol. The van der Waals surface area contributed by atoms with E-state index in [1.807, 2.05) is 0 Å². The van der Waals surface area contributed by atoms with Crippen molar-refractivity contribution >= 4 is 0 Å². The van der Waals surface area contributed by atoms with Gasteiger partial charge in [-0.15, -0.1) is 0 Å². The number of benzene rings is 1. The lowest BCUT2D eigenvalue weighted by molar-refractivity contribution is -0.0733. The molecule has 1 aromatic rings. The van der Waals surface area contributed by atoms with Crippen LogP contribution in [0.15, 0.2) is 24.3 Å². The molecule has 0 radical (unpaired) electrons. The summed E-state index contributed by atoms with van der Waals surface area (Å²) in [5.74, 6) is 0.421. The summed E-state index contributed by atoms with van der Waals surface area (Å²) in [6.45, 7) is 1.63. The van der Waals surface area contributed by atoms with E-state index in [1.165, 1.54) is 11.1 Å². The van der Waals surface area contributed by atoms with Gasteiger partial charge in [0.1, 0.15) is 0 Å². The first-order valence-electron chi connectivity index (χ1n) is 6.65. The topological polar surface area (TPSA) is 29.5 Å². The van der Waals surface area contributed by atoms with Crippen LogP contribution < -0.4 is 0 Å². The number of rotatable bonds is 1. The van der Waals surface area contributed by atoms with Crippen LogP contribution >= 0.6 is 0 Å². The zero-order valence-electron chi connectivity index (χ0n) is 10.2. The Morgan fingerprint density at radius 3 is 2.59 bits per heavy atom. The van der Waals surface area contributed by atoms with E-state index in [0.29, 0.717) is 5.92 Å². The van der Waals surface area contributed by atoms with Crippen molar-refractivity contribution in [1.82, 2.24) is 0 Å². The number of hydrogen-bond donors (Lipinski definition) is 1. The smallest absolute Gasteiger partial charge is 0.0720 e. The first kappa shape index (κ1) is 11.2. The van der Waals surface area contributed by atoms with Crippen LogP contribution in [0.3, 0.4) is 0 Å². The first-order valence-corrected chi connectivity index (χ1v) is 6.65. The van der Waals surface area contributed by atoms with Gasteiger partial charge < -0.3 is 9.84 Å². The minimum absolute atomic E-state index is 0.421. The third-order valence-corrected chi connectivity index (χ3v) is 4.42. The molecule has 1 unspecified atom stereocenters. The van der Waals surface area contributed by atoms with E-state index < -0.39 is 5.60 Å². The van der Waals surface area contributed by atoms with Crippen LogP contribution in [0.1, 0.15) is 30.4 Å². The molecule has 3 rings (SSSR count). The molecule has 1 fully saturated rings. The van der Waals surface area contributed by atoms with E-state index >= 15 is 0 Å². The second-order valence-corrected chi connectivity index (χ2v) is 5.44. The Hall–Kier alpha value is -0.860. The van der Waals surface area contributed by atoms with E-state index in [2.05, 4.69) is 24.3 Å². The SMILES string of the molecule is OC1(C2CCOCC2)CCc2ccccc2C1. The second-order valence-electron chi connectivity index (χ2n) is 5.44. The Bertz CT molecular complexity index is 396. The van der Waals surface area contributed by atoms with Gasteiger partial charge in [0.25, 0.3) is 0 Å². The molecule has 92 valence electrons. The van der Waals surface area contributed by atoms with Gasteiger partial charge >= 0.3 is 0 Å². The molecule has 1 aliphatic heterocycles.